The molecule has 0 aromatic carbocycles. The highest BCUT2D eigenvalue weighted by Crippen LogP contribution is 2.52. The summed E-state index contributed by atoms with van der Waals surface area (Å²) in [6.07, 6.45) is 0.838. The van der Waals surface area contributed by atoms with Crippen LogP contribution in [0, 0.1) is 5.92 Å². The number of halogens is 3. The maximum absolute atomic E-state index is 11.8. The first-order valence-corrected chi connectivity index (χ1v) is 11.4. The van der Waals surface area contributed by atoms with Gasteiger partial charge in [0.2, 0.25) is 0 Å². The topological polar surface area (TPSA) is 61.8 Å². The van der Waals surface area contributed by atoms with E-state index in [1.807, 2.05) is 27.7 Å². The van der Waals surface area contributed by atoms with E-state index in [4.69, 9.17) is 25.8 Å². The van der Waals surface area contributed by atoms with Crippen molar-refractivity contribution < 1.29 is 23.8 Å². The third kappa shape index (κ3) is 5.01. The van der Waals surface area contributed by atoms with E-state index in [1.54, 1.807) is 0 Å². The normalized spacial score (nSPS) is 44.4. The molecule has 7 atom stereocenters. The minimum absolute atomic E-state index is 0.00619. The third-order valence-electron chi connectivity index (χ3n) is 5.82. The van der Waals surface area contributed by atoms with Gasteiger partial charge in [-0.1, -0.05) is 31.9 Å². The quantitative estimate of drug-likeness (QED) is 0.388. The number of alkyl halides is 3. The monoisotopic (exact) mass is 530 g/mol. The van der Waals surface area contributed by atoms with Crippen molar-refractivity contribution in [1.29, 1.82) is 0 Å². The Balaban J connectivity index is 2.45. The van der Waals surface area contributed by atoms with Crippen LogP contribution in [0.5, 0.6) is 0 Å². The second-order valence-electron chi connectivity index (χ2n) is 8.63. The smallest absolute Gasteiger partial charge is 0.303 e. The van der Waals surface area contributed by atoms with Crippen molar-refractivity contribution >= 4 is 55.4 Å². The van der Waals surface area contributed by atoms with Crippen LogP contribution in [0.15, 0.2) is 0 Å². The summed E-state index contributed by atoms with van der Waals surface area (Å²) in [6, 6.07) is 0. The summed E-state index contributed by atoms with van der Waals surface area (Å²) in [5.41, 5.74) is -1.30. The fourth-order valence-electron chi connectivity index (χ4n) is 4.31. The van der Waals surface area contributed by atoms with Crippen molar-refractivity contribution in [1.82, 2.24) is 0 Å². The molecule has 5 nitrogen and oxygen atoms in total. The molecular weight excluding hydrogens is 503 g/mol. The predicted octanol–water partition coefficient (Wildman–Crippen LogP) is 4.74. The number of carbonyl (C=O) groups excluding carboxylic acids is 2. The standard InChI is InChI=1S/C19H29Br2ClO5/c1-10(23)25-13-9-18(5,22)15(21)7-12(13)19(6)16(26-11(2)24)8-14(20)17(3,4)27-19/h12-16H,7-9H2,1-6H3/t12-,13-,14-,15+,16-,18+,19-/m0/s1. The zero-order chi connectivity index (χ0) is 20.8. The van der Waals surface area contributed by atoms with Gasteiger partial charge >= 0.3 is 11.9 Å². The Labute approximate surface area is 183 Å². The van der Waals surface area contributed by atoms with Crippen molar-refractivity contribution in [2.24, 2.45) is 5.92 Å². The Hall–Kier alpha value is 0.150. The first-order valence-electron chi connectivity index (χ1n) is 9.20. The van der Waals surface area contributed by atoms with E-state index in [9.17, 15) is 9.59 Å². The van der Waals surface area contributed by atoms with Crippen LogP contribution in [-0.4, -0.2) is 49.9 Å². The van der Waals surface area contributed by atoms with E-state index in [-0.39, 0.29) is 27.5 Å². The van der Waals surface area contributed by atoms with Crippen molar-refractivity contribution in [3.63, 3.8) is 0 Å². The van der Waals surface area contributed by atoms with Gasteiger partial charge in [-0.3, -0.25) is 9.59 Å². The lowest BCUT2D eigenvalue weighted by Crippen LogP contribution is -2.66. The van der Waals surface area contributed by atoms with Crippen LogP contribution in [0.3, 0.4) is 0 Å². The Morgan fingerprint density at radius 2 is 1.56 bits per heavy atom. The molecular formula is C19H29Br2ClO5. The lowest BCUT2D eigenvalue weighted by molar-refractivity contribution is -0.259. The van der Waals surface area contributed by atoms with Gasteiger partial charge in [0.15, 0.2) is 0 Å². The van der Waals surface area contributed by atoms with Crippen LogP contribution in [0.25, 0.3) is 0 Å². The maximum Gasteiger partial charge on any atom is 0.303 e. The van der Waals surface area contributed by atoms with Crippen LogP contribution < -0.4 is 0 Å². The minimum Gasteiger partial charge on any atom is -0.462 e. The summed E-state index contributed by atoms with van der Waals surface area (Å²) in [5.74, 6) is -0.889. The maximum atomic E-state index is 11.8. The highest BCUT2D eigenvalue weighted by atomic mass is 79.9. The molecule has 8 heteroatoms. The molecule has 1 saturated carbocycles. The number of esters is 2. The molecule has 27 heavy (non-hydrogen) atoms. The Kier molecular flexibility index (Phi) is 7.04. The molecule has 0 bridgehead atoms. The fourth-order valence-corrected chi connectivity index (χ4v) is 5.57. The Bertz CT molecular complexity index is 597. The van der Waals surface area contributed by atoms with Gasteiger partial charge < -0.3 is 14.2 Å². The van der Waals surface area contributed by atoms with E-state index in [2.05, 4.69) is 31.9 Å². The van der Waals surface area contributed by atoms with Crippen molar-refractivity contribution in [3.05, 3.63) is 0 Å². The second kappa shape index (κ2) is 8.11. The fraction of sp³-hybridized carbons (Fsp3) is 0.895. The van der Waals surface area contributed by atoms with Gasteiger partial charge in [0, 0.05) is 42.3 Å². The SMILES string of the molecule is CC(=O)O[C@H]1C[C@@](C)(Cl)[C@H](Br)C[C@@H]1[C@]1(C)OC(C)(C)[C@@H](Br)C[C@@H]1OC(C)=O. The summed E-state index contributed by atoms with van der Waals surface area (Å²) in [6.45, 7) is 10.7. The first-order chi connectivity index (χ1) is 12.2. The molecule has 2 aliphatic rings. The number of hydrogen-bond acceptors (Lipinski definition) is 5. The molecule has 2 fully saturated rings. The third-order valence-corrected chi connectivity index (χ3v) is 9.36. The molecule has 0 aromatic rings. The summed E-state index contributed by atoms with van der Waals surface area (Å²) in [7, 11) is 0. The summed E-state index contributed by atoms with van der Waals surface area (Å²) >= 11 is 14.0. The van der Waals surface area contributed by atoms with Gasteiger partial charge in [0.05, 0.1) is 10.5 Å². The zero-order valence-electron chi connectivity index (χ0n) is 16.7. The highest BCUT2D eigenvalue weighted by Gasteiger charge is 2.59. The van der Waals surface area contributed by atoms with Gasteiger partial charge in [-0.15, -0.1) is 11.6 Å². The summed E-state index contributed by atoms with van der Waals surface area (Å²) in [4.78, 5) is 23.0. The molecule has 1 heterocycles. The molecule has 0 amide bonds. The van der Waals surface area contributed by atoms with Gasteiger partial charge in [-0.2, -0.15) is 0 Å². The van der Waals surface area contributed by atoms with Crippen LogP contribution >= 0.6 is 43.5 Å². The average Bonchev–Trinajstić information content (AvgIpc) is 2.46. The predicted molar refractivity (Wildman–Crippen MR) is 112 cm³/mol. The van der Waals surface area contributed by atoms with Crippen molar-refractivity contribution in [2.75, 3.05) is 0 Å². The number of ether oxygens (including phenoxy) is 3. The van der Waals surface area contributed by atoms with Crippen LogP contribution in [0.1, 0.15) is 60.8 Å². The molecule has 2 rings (SSSR count). The molecule has 0 unspecified atom stereocenters. The number of hydrogen-bond donors (Lipinski definition) is 0. The zero-order valence-corrected chi connectivity index (χ0v) is 20.6. The number of carbonyl (C=O) groups is 2. The van der Waals surface area contributed by atoms with Crippen LogP contribution in [0.4, 0.5) is 0 Å². The average molecular weight is 533 g/mol. The molecule has 0 spiro atoms. The van der Waals surface area contributed by atoms with Gasteiger partial charge in [0.1, 0.15) is 17.8 Å². The summed E-state index contributed by atoms with van der Waals surface area (Å²) in [5, 5.41) is 0. The molecule has 0 N–H and O–H groups in total. The lowest BCUT2D eigenvalue weighted by Gasteiger charge is -2.56. The van der Waals surface area contributed by atoms with E-state index < -0.39 is 28.3 Å². The highest BCUT2D eigenvalue weighted by molar-refractivity contribution is 9.09. The van der Waals surface area contributed by atoms with E-state index in [0.29, 0.717) is 19.3 Å². The summed E-state index contributed by atoms with van der Waals surface area (Å²) < 4.78 is 17.9. The van der Waals surface area contributed by atoms with Crippen molar-refractivity contribution in [3.8, 4) is 0 Å². The minimum atomic E-state index is -0.820. The largest absolute Gasteiger partial charge is 0.462 e. The Morgan fingerprint density at radius 1 is 1.00 bits per heavy atom. The van der Waals surface area contributed by atoms with Crippen molar-refractivity contribution in [2.45, 2.75) is 98.7 Å². The van der Waals surface area contributed by atoms with Gasteiger partial charge in [0.25, 0.3) is 0 Å². The lowest BCUT2D eigenvalue weighted by atomic mass is 9.67. The molecule has 1 saturated heterocycles. The first kappa shape index (κ1) is 23.4. The number of rotatable bonds is 3. The molecule has 0 aromatic heterocycles. The second-order valence-corrected chi connectivity index (χ2v) is 11.7. The van der Waals surface area contributed by atoms with Crippen LogP contribution in [-0.2, 0) is 23.8 Å². The molecule has 156 valence electrons. The van der Waals surface area contributed by atoms with Gasteiger partial charge in [-0.05, 0) is 34.1 Å². The Morgan fingerprint density at radius 3 is 2.07 bits per heavy atom. The van der Waals surface area contributed by atoms with E-state index in [1.165, 1.54) is 13.8 Å². The molecule has 0 radical (unpaired) electrons. The van der Waals surface area contributed by atoms with E-state index >= 15 is 0 Å². The van der Waals surface area contributed by atoms with Crippen LogP contribution in [0.2, 0.25) is 0 Å². The van der Waals surface area contributed by atoms with Gasteiger partial charge in [-0.25, -0.2) is 0 Å². The molecule has 1 aliphatic carbocycles. The van der Waals surface area contributed by atoms with E-state index in [0.717, 1.165) is 0 Å². The molecule has 1 aliphatic heterocycles.